The first-order valence-electron chi connectivity index (χ1n) is 16.0. The predicted octanol–water partition coefficient (Wildman–Crippen LogP) is 7.44. The van der Waals surface area contributed by atoms with E-state index in [-0.39, 0.29) is 5.92 Å². The highest BCUT2D eigenvalue weighted by Gasteiger charge is 2.20. The summed E-state index contributed by atoms with van der Waals surface area (Å²) in [5, 5.41) is 14.4. The molecule has 1 N–H and O–H groups in total. The number of pyridine rings is 3. The molecule has 1 unspecified atom stereocenters. The van der Waals surface area contributed by atoms with E-state index in [0.29, 0.717) is 38.5 Å². The molecule has 0 saturated heterocycles. The fourth-order valence-electron chi connectivity index (χ4n) is 5.95. The number of dihydropyridines is 1. The Kier molecular flexibility index (Phi) is 11.3. The summed E-state index contributed by atoms with van der Waals surface area (Å²) in [5.41, 5.74) is 7.48. The zero-order valence-corrected chi connectivity index (χ0v) is 27.5. The Balaban J connectivity index is 1.37. The van der Waals surface area contributed by atoms with Crippen molar-refractivity contribution in [3.8, 4) is 16.9 Å². The first kappa shape index (κ1) is 32.7. The van der Waals surface area contributed by atoms with Gasteiger partial charge < -0.3 is 5.11 Å². The molecular weight excluding hydrogens is 615 g/mol. The van der Waals surface area contributed by atoms with E-state index in [1.54, 1.807) is 6.20 Å². The van der Waals surface area contributed by atoms with Gasteiger partial charge in [-0.3, -0.25) is 29.7 Å². The number of phenols is 1. The summed E-state index contributed by atoms with van der Waals surface area (Å²) in [7, 11) is 0. The predicted molar refractivity (Wildman–Crippen MR) is 194 cm³/mol. The van der Waals surface area contributed by atoms with Gasteiger partial charge >= 0.3 is 0 Å². The molecule has 0 radical (unpaired) electrons. The maximum absolute atomic E-state index is 12.0. The number of benzene rings is 2. The summed E-state index contributed by atoms with van der Waals surface area (Å²) in [6.45, 7) is 4.46. The Labute approximate surface area is 286 Å². The van der Waals surface area contributed by atoms with Crippen LogP contribution in [0.15, 0.2) is 132 Å². The van der Waals surface area contributed by atoms with E-state index in [9.17, 15) is 5.11 Å². The highest BCUT2D eigenvalue weighted by Crippen LogP contribution is 2.34. The Hall–Kier alpha value is -5.18. The van der Waals surface area contributed by atoms with Gasteiger partial charge in [0.1, 0.15) is 5.75 Å². The van der Waals surface area contributed by atoms with E-state index in [1.165, 1.54) is 0 Å². The monoisotopic (exact) mass is 651 g/mol. The second kappa shape index (κ2) is 16.6. The van der Waals surface area contributed by atoms with Gasteiger partial charge in [-0.05, 0) is 89.6 Å². The molecule has 6 rings (SSSR count). The lowest BCUT2D eigenvalue weighted by Gasteiger charge is -2.28. The van der Waals surface area contributed by atoms with E-state index >= 15 is 0 Å². The smallest absolute Gasteiger partial charge is 0.124 e. The normalized spacial score (nSPS) is 13.9. The summed E-state index contributed by atoms with van der Waals surface area (Å²) in [5.74, 6) is 0.562. The van der Waals surface area contributed by atoms with Crippen LogP contribution >= 0.6 is 12.2 Å². The van der Waals surface area contributed by atoms with Gasteiger partial charge in [-0.25, -0.2) is 0 Å². The molecule has 240 valence electrons. The van der Waals surface area contributed by atoms with Crippen molar-refractivity contribution in [2.45, 2.75) is 32.7 Å². The van der Waals surface area contributed by atoms with Gasteiger partial charge in [-0.2, -0.15) is 4.99 Å². The maximum atomic E-state index is 12.0. The van der Waals surface area contributed by atoms with Gasteiger partial charge in [0.2, 0.25) is 0 Å². The van der Waals surface area contributed by atoms with Crippen molar-refractivity contribution in [1.82, 2.24) is 24.8 Å². The molecule has 1 atom stereocenters. The molecule has 1 aliphatic heterocycles. The molecule has 0 aliphatic carbocycles. The Morgan fingerprint density at radius 1 is 0.771 bits per heavy atom. The lowest BCUT2D eigenvalue weighted by Crippen LogP contribution is -2.30. The number of isothiocyanates is 1. The van der Waals surface area contributed by atoms with Gasteiger partial charge in [-0.1, -0.05) is 36.4 Å². The van der Waals surface area contributed by atoms with E-state index in [0.717, 1.165) is 58.0 Å². The Morgan fingerprint density at radius 3 is 2.08 bits per heavy atom. The molecule has 0 spiro atoms. The molecule has 0 fully saturated rings. The van der Waals surface area contributed by atoms with Crippen LogP contribution in [-0.2, 0) is 32.7 Å². The first-order chi connectivity index (χ1) is 23.6. The van der Waals surface area contributed by atoms with Crippen molar-refractivity contribution in [1.29, 1.82) is 0 Å². The van der Waals surface area contributed by atoms with E-state index in [2.05, 4.69) is 64.2 Å². The Bertz CT molecular complexity index is 1840. The van der Waals surface area contributed by atoms with Gasteiger partial charge in [0.25, 0.3) is 0 Å². The van der Waals surface area contributed by atoms with Crippen LogP contribution in [-0.4, -0.2) is 54.3 Å². The average Bonchev–Trinajstić information content (AvgIpc) is 3.12. The molecule has 4 heterocycles. The van der Waals surface area contributed by atoms with Gasteiger partial charge in [-0.15, -0.1) is 0 Å². The van der Waals surface area contributed by atoms with Crippen LogP contribution in [0.1, 0.15) is 28.1 Å². The zero-order chi connectivity index (χ0) is 33.0. The maximum Gasteiger partial charge on any atom is 0.124 e. The van der Waals surface area contributed by atoms with Crippen molar-refractivity contribution in [2.75, 3.05) is 13.1 Å². The molecule has 2 aromatic carbocycles. The SMILES string of the molecule is Oc1c(CN(Cc2cccnc2)Cc2ccccn2)cc(-c2ccc(N=C=S)cc2)cc1CN(Cc1ccccn1)CC1C=CC=NC1. The van der Waals surface area contributed by atoms with Gasteiger partial charge in [0, 0.05) is 93.9 Å². The largest absolute Gasteiger partial charge is 0.507 e. The van der Waals surface area contributed by atoms with Crippen LogP contribution in [0.3, 0.4) is 0 Å². The standard InChI is InChI=1S/C39H37N7OS/c47-39-34(25-45(23-30-7-5-15-40-21-30)27-37-9-1-3-17-42-37)19-33(32-11-13-36(14-12-32)44-29-48)20-35(39)26-46(24-31-8-6-16-41-22-31)28-38-10-2-4-18-43-38/h1-21,31,47H,22-28H2. The number of aromatic hydroxyl groups is 1. The number of aromatic nitrogens is 3. The van der Waals surface area contributed by atoms with E-state index in [1.807, 2.05) is 97.6 Å². The lowest BCUT2D eigenvalue weighted by molar-refractivity contribution is 0.225. The third kappa shape index (κ3) is 9.21. The number of rotatable bonds is 14. The lowest BCUT2D eigenvalue weighted by atomic mass is 9.97. The quantitative estimate of drug-likeness (QED) is 0.0986. The van der Waals surface area contributed by atoms with Crippen molar-refractivity contribution in [3.63, 3.8) is 0 Å². The molecule has 0 saturated carbocycles. The molecule has 1 aliphatic rings. The van der Waals surface area contributed by atoms with Crippen molar-refractivity contribution >= 4 is 29.3 Å². The van der Waals surface area contributed by atoms with Crippen LogP contribution in [0.25, 0.3) is 11.1 Å². The van der Waals surface area contributed by atoms with Gasteiger partial charge in [0.15, 0.2) is 0 Å². The number of nitrogens with zero attached hydrogens (tertiary/aromatic N) is 7. The molecular formula is C39H37N7OS. The van der Waals surface area contributed by atoms with E-state index < -0.39 is 0 Å². The number of thiocarbonyl (C=S) groups is 1. The fourth-order valence-corrected chi connectivity index (χ4v) is 6.06. The average molecular weight is 652 g/mol. The summed E-state index contributed by atoms with van der Waals surface area (Å²) in [6, 6.07) is 28.1. The van der Waals surface area contributed by atoms with Gasteiger partial charge in [0.05, 0.1) is 22.2 Å². The first-order valence-corrected chi connectivity index (χ1v) is 16.4. The summed E-state index contributed by atoms with van der Waals surface area (Å²) < 4.78 is 0. The summed E-state index contributed by atoms with van der Waals surface area (Å²) in [4.78, 5) is 26.8. The van der Waals surface area contributed by atoms with Crippen molar-refractivity contribution in [2.24, 2.45) is 15.9 Å². The zero-order valence-electron chi connectivity index (χ0n) is 26.6. The molecule has 48 heavy (non-hydrogen) atoms. The second-order valence-electron chi connectivity index (χ2n) is 11.9. The minimum absolute atomic E-state index is 0.270. The summed E-state index contributed by atoms with van der Waals surface area (Å²) >= 11 is 4.81. The molecule has 5 aromatic rings. The minimum Gasteiger partial charge on any atom is -0.507 e. The third-order valence-electron chi connectivity index (χ3n) is 8.19. The van der Waals surface area contributed by atoms with Crippen molar-refractivity contribution in [3.05, 3.63) is 150 Å². The molecule has 0 amide bonds. The molecule has 3 aromatic heterocycles. The molecule has 8 nitrogen and oxygen atoms in total. The number of hydrogen-bond acceptors (Lipinski definition) is 9. The van der Waals surface area contributed by atoms with Crippen molar-refractivity contribution < 1.29 is 5.11 Å². The summed E-state index contributed by atoms with van der Waals surface area (Å²) in [6.07, 6.45) is 13.4. The minimum atomic E-state index is 0.270. The molecule has 9 heteroatoms. The second-order valence-corrected chi connectivity index (χ2v) is 12.1. The van der Waals surface area contributed by atoms with Crippen LogP contribution in [0, 0.1) is 5.92 Å². The third-order valence-corrected chi connectivity index (χ3v) is 8.28. The van der Waals surface area contributed by atoms with E-state index in [4.69, 9.17) is 12.2 Å². The molecule has 0 bridgehead atoms. The van der Waals surface area contributed by atoms with Crippen LogP contribution in [0.2, 0.25) is 0 Å². The van der Waals surface area contributed by atoms with Crippen LogP contribution in [0.5, 0.6) is 5.75 Å². The number of aliphatic imine (C=N–C) groups is 2. The number of phenolic OH excluding ortho intramolecular Hbond substituents is 1. The highest BCUT2D eigenvalue weighted by molar-refractivity contribution is 7.78. The number of hydrogen-bond donors (Lipinski definition) is 1. The van der Waals surface area contributed by atoms with Crippen LogP contribution < -0.4 is 0 Å². The topological polar surface area (TPSA) is 90.1 Å². The highest BCUT2D eigenvalue weighted by atomic mass is 32.1. The Morgan fingerprint density at radius 2 is 1.48 bits per heavy atom. The fraction of sp³-hybridized carbons (Fsp3) is 0.205. The van der Waals surface area contributed by atoms with Crippen LogP contribution in [0.4, 0.5) is 5.69 Å². The number of allylic oxidation sites excluding steroid dienone is 1.